The second-order valence-electron chi connectivity index (χ2n) is 7.86. The zero-order valence-electron chi connectivity index (χ0n) is 18.3. The lowest BCUT2D eigenvalue weighted by atomic mass is 9.91. The summed E-state index contributed by atoms with van der Waals surface area (Å²) in [6, 6.07) is 17.1. The van der Waals surface area contributed by atoms with Crippen molar-refractivity contribution in [2.75, 3.05) is 11.4 Å². The third-order valence-corrected chi connectivity index (χ3v) is 6.01. The number of imide groups is 1. The van der Waals surface area contributed by atoms with E-state index in [4.69, 9.17) is 23.2 Å². The molecule has 0 N–H and O–H groups in total. The molecule has 3 aromatic rings. The summed E-state index contributed by atoms with van der Waals surface area (Å²) in [6.07, 6.45) is -4.54. The summed E-state index contributed by atoms with van der Waals surface area (Å²) in [5, 5.41) is 6.73. The minimum atomic E-state index is -4.54. The lowest BCUT2D eigenvalue weighted by Crippen LogP contribution is -2.43. The molecule has 0 bridgehead atoms. The summed E-state index contributed by atoms with van der Waals surface area (Å²) in [5.74, 6) is -0.994. The Labute approximate surface area is 209 Å². The Morgan fingerprint density at radius 1 is 0.914 bits per heavy atom. The summed E-state index contributed by atoms with van der Waals surface area (Å²) in [4.78, 5) is 26.6. The molecular formula is C25H18Cl2F3N3O2. The molecule has 180 valence electrons. The monoisotopic (exact) mass is 519 g/mol. The smallest absolute Gasteiger partial charge is 0.274 e. The molecule has 0 aliphatic carbocycles. The van der Waals surface area contributed by atoms with Crippen LogP contribution >= 0.6 is 23.2 Å². The van der Waals surface area contributed by atoms with Crippen molar-refractivity contribution in [1.29, 1.82) is 0 Å². The van der Waals surface area contributed by atoms with Crippen molar-refractivity contribution < 1.29 is 22.8 Å². The molecule has 0 saturated heterocycles. The van der Waals surface area contributed by atoms with Crippen molar-refractivity contribution in [3.8, 4) is 0 Å². The summed E-state index contributed by atoms with van der Waals surface area (Å²) >= 11 is 12.0. The van der Waals surface area contributed by atoms with Gasteiger partial charge in [-0.15, -0.1) is 0 Å². The maximum atomic E-state index is 13.4. The van der Waals surface area contributed by atoms with Gasteiger partial charge in [0.2, 0.25) is 5.91 Å². The molecule has 5 nitrogen and oxygen atoms in total. The molecule has 3 amide bonds. The molecule has 3 aromatic carbocycles. The minimum absolute atomic E-state index is 0.00804. The maximum Gasteiger partial charge on any atom is 0.416 e. The number of nitrogens with zero attached hydrogens (tertiary/aromatic N) is 3. The predicted molar refractivity (Wildman–Crippen MR) is 129 cm³/mol. The van der Waals surface area contributed by atoms with Gasteiger partial charge in [0.1, 0.15) is 0 Å². The third-order valence-electron chi connectivity index (χ3n) is 5.51. The molecule has 0 aromatic heterocycles. The first-order valence-corrected chi connectivity index (χ1v) is 11.2. The van der Waals surface area contributed by atoms with Gasteiger partial charge in [-0.25, -0.2) is 14.7 Å². The Kier molecular flexibility index (Phi) is 6.87. The Morgan fingerprint density at radius 3 is 1.97 bits per heavy atom. The van der Waals surface area contributed by atoms with E-state index in [2.05, 4.69) is 5.10 Å². The number of hydrogen-bond acceptors (Lipinski definition) is 3. The molecule has 4 rings (SSSR count). The number of carbonyl (C=O) groups is 2. The molecular weight excluding hydrogens is 502 g/mol. The van der Waals surface area contributed by atoms with Crippen LogP contribution in [0.15, 0.2) is 77.9 Å². The highest BCUT2D eigenvalue weighted by atomic mass is 35.5. The highest BCUT2D eigenvalue weighted by molar-refractivity contribution is 6.31. The number of rotatable bonds is 3. The molecule has 1 aliphatic rings. The van der Waals surface area contributed by atoms with E-state index in [9.17, 15) is 22.8 Å². The van der Waals surface area contributed by atoms with Crippen molar-refractivity contribution in [2.24, 2.45) is 5.10 Å². The van der Waals surface area contributed by atoms with Gasteiger partial charge in [0.15, 0.2) is 0 Å². The second kappa shape index (κ2) is 9.71. The number of carbonyl (C=O) groups excluding carboxylic acids is 2. The van der Waals surface area contributed by atoms with Gasteiger partial charge in [-0.05, 0) is 59.7 Å². The summed E-state index contributed by atoms with van der Waals surface area (Å²) in [5.41, 5.74) is 1.28. The molecule has 10 heteroatoms. The average molecular weight is 520 g/mol. The van der Waals surface area contributed by atoms with E-state index < -0.39 is 23.7 Å². The van der Waals surface area contributed by atoms with Gasteiger partial charge in [-0.2, -0.15) is 18.3 Å². The van der Waals surface area contributed by atoms with Crippen LogP contribution in [0.2, 0.25) is 10.0 Å². The average Bonchev–Trinajstić information content (AvgIpc) is 3.25. The Bertz CT molecular complexity index is 1280. The van der Waals surface area contributed by atoms with Crippen LogP contribution in [0.5, 0.6) is 0 Å². The minimum Gasteiger partial charge on any atom is -0.274 e. The standard InChI is InChI=1S/C25H18Cl2F3N3O2/c1-15(34)33(21-12-6-18(7-13-21)25(28,29)30)24(35)32-14-22(16-2-8-19(26)9-3-16)23(31-32)17-4-10-20(27)11-5-17/h2-13,22H,14H2,1H3. The number of anilines is 1. The maximum absolute atomic E-state index is 13.4. The highest BCUT2D eigenvalue weighted by Crippen LogP contribution is 2.33. The molecule has 0 spiro atoms. The van der Waals surface area contributed by atoms with Gasteiger partial charge in [-0.3, -0.25) is 4.79 Å². The quantitative estimate of drug-likeness (QED) is 0.374. The van der Waals surface area contributed by atoms with Gasteiger partial charge in [-0.1, -0.05) is 47.5 Å². The van der Waals surface area contributed by atoms with Crippen LogP contribution in [0.1, 0.15) is 29.5 Å². The van der Waals surface area contributed by atoms with Gasteiger partial charge in [0, 0.05) is 22.9 Å². The van der Waals surface area contributed by atoms with Crippen LogP contribution in [0.3, 0.4) is 0 Å². The third kappa shape index (κ3) is 5.33. The number of amides is 3. The molecule has 35 heavy (non-hydrogen) atoms. The topological polar surface area (TPSA) is 53.0 Å². The number of benzene rings is 3. The first kappa shape index (κ1) is 24.8. The largest absolute Gasteiger partial charge is 0.416 e. The van der Waals surface area contributed by atoms with E-state index in [0.717, 1.165) is 52.2 Å². The number of urea groups is 1. The van der Waals surface area contributed by atoms with Gasteiger partial charge >= 0.3 is 12.2 Å². The molecule has 1 aliphatic heterocycles. The van der Waals surface area contributed by atoms with Crippen LogP contribution in [0.25, 0.3) is 0 Å². The van der Waals surface area contributed by atoms with Gasteiger partial charge < -0.3 is 0 Å². The highest BCUT2D eigenvalue weighted by Gasteiger charge is 2.36. The fourth-order valence-corrected chi connectivity index (χ4v) is 4.05. The number of hydrogen-bond donors (Lipinski definition) is 0. The van der Waals surface area contributed by atoms with E-state index in [0.29, 0.717) is 15.8 Å². The zero-order chi connectivity index (χ0) is 25.3. The lowest BCUT2D eigenvalue weighted by molar-refractivity contribution is -0.137. The van der Waals surface area contributed by atoms with Crippen LogP contribution in [-0.2, 0) is 11.0 Å². The van der Waals surface area contributed by atoms with Crippen LogP contribution in [0.4, 0.5) is 23.7 Å². The Balaban J connectivity index is 1.70. The van der Waals surface area contributed by atoms with Crippen molar-refractivity contribution >= 4 is 46.5 Å². The number of halogens is 5. The Hall–Kier alpha value is -3.36. The molecule has 1 unspecified atom stereocenters. The first-order chi connectivity index (χ1) is 16.5. The number of alkyl halides is 3. The van der Waals surface area contributed by atoms with E-state index in [1.807, 2.05) is 12.1 Å². The van der Waals surface area contributed by atoms with Crippen LogP contribution < -0.4 is 4.90 Å². The van der Waals surface area contributed by atoms with Crippen LogP contribution in [-0.4, -0.2) is 29.2 Å². The zero-order valence-corrected chi connectivity index (χ0v) is 19.8. The first-order valence-electron chi connectivity index (χ1n) is 10.4. The fraction of sp³-hybridized carbons (Fsp3) is 0.160. The Morgan fingerprint density at radius 2 is 1.46 bits per heavy atom. The predicted octanol–water partition coefficient (Wildman–Crippen LogP) is 6.99. The summed E-state index contributed by atoms with van der Waals surface area (Å²) < 4.78 is 38.9. The number of hydrazone groups is 1. The second-order valence-corrected chi connectivity index (χ2v) is 8.73. The normalized spacial score (nSPS) is 15.7. The molecule has 0 saturated carbocycles. The molecule has 1 heterocycles. The van der Waals surface area contributed by atoms with Crippen molar-refractivity contribution in [3.05, 3.63) is 99.5 Å². The van der Waals surface area contributed by atoms with E-state index in [1.54, 1.807) is 36.4 Å². The van der Waals surface area contributed by atoms with E-state index in [1.165, 1.54) is 0 Å². The van der Waals surface area contributed by atoms with Crippen LogP contribution in [0, 0.1) is 0 Å². The molecule has 0 radical (unpaired) electrons. The fourth-order valence-electron chi connectivity index (χ4n) is 3.80. The van der Waals surface area contributed by atoms with Gasteiger partial charge in [0.25, 0.3) is 0 Å². The molecule has 1 atom stereocenters. The van der Waals surface area contributed by atoms with Crippen molar-refractivity contribution in [1.82, 2.24) is 5.01 Å². The van der Waals surface area contributed by atoms with Gasteiger partial charge in [0.05, 0.1) is 23.5 Å². The van der Waals surface area contributed by atoms with Crippen molar-refractivity contribution in [2.45, 2.75) is 19.0 Å². The molecule has 0 fully saturated rings. The lowest BCUT2D eigenvalue weighted by Gasteiger charge is -2.24. The summed E-state index contributed by atoms with van der Waals surface area (Å²) in [7, 11) is 0. The SMILES string of the molecule is CC(=O)N(C(=O)N1CC(c2ccc(Cl)cc2)C(c2ccc(Cl)cc2)=N1)c1ccc(C(F)(F)F)cc1. The van der Waals surface area contributed by atoms with E-state index >= 15 is 0 Å². The van der Waals surface area contributed by atoms with Crippen molar-refractivity contribution in [3.63, 3.8) is 0 Å². The van der Waals surface area contributed by atoms with E-state index in [-0.39, 0.29) is 18.2 Å². The summed E-state index contributed by atoms with van der Waals surface area (Å²) in [6.45, 7) is 1.27.